The monoisotopic (exact) mass is 194 g/mol. The van der Waals surface area contributed by atoms with Gasteiger partial charge in [-0.3, -0.25) is 0 Å². The fourth-order valence-electron chi connectivity index (χ4n) is 2.69. The molecule has 1 saturated heterocycles. The first-order valence-corrected chi connectivity index (χ1v) is 6.03. The van der Waals surface area contributed by atoms with Crippen LogP contribution in [0.4, 0.5) is 0 Å². The highest BCUT2D eigenvalue weighted by molar-refractivity contribution is 5.03. The predicted octanol–water partition coefficient (Wildman–Crippen LogP) is 3.55. The zero-order valence-electron chi connectivity index (χ0n) is 9.46. The maximum Gasteiger partial charge on any atom is 0.0547 e. The first-order chi connectivity index (χ1) is 6.75. The van der Waals surface area contributed by atoms with Crippen LogP contribution in [-0.2, 0) is 4.74 Å². The van der Waals surface area contributed by atoms with Crippen molar-refractivity contribution in [3.8, 4) is 0 Å². The molecule has 0 amide bonds. The molecule has 1 aliphatic carbocycles. The van der Waals surface area contributed by atoms with Gasteiger partial charge in [-0.15, -0.1) is 0 Å². The highest BCUT2D eigenvalue weighted by Crippen LogP contribution is 2.34. The summed E-state index contributed by atoms with van der Waals surface area (Å²) in [7, 11) is 0. The molecule has 1 heteroatoms. The van der Waals surface area contributed by atoms with E-state index in [0.29, 0.717) is 6.10 Å². The molecule has 1 aliphatic heterocycles. The molecule has 0 radical (unpaired) electrons. The van der Waals surface area contributed by atoms with E-state index in [1.807, 2.05) is 0 Å². The van der Waals surface area contributed by atoms with E-state index >= 15 is 0 Å². The fourth-order valence-corrected chi connectivity index (χ4v) is 2.69. The molecule has 80 valence electrons. The molecule has 0 aromatic heterocycles. The number of hydrogen-bond donors (Lipinski definition) is 0. The van der Waals surface area contributed by atoms with Crippen molar-refractivity contribution in [3.63, 3.8) is 0 Å². The zero-order chi connectivity index (χ0) is 9.97. The van der Waals surface area contributed by atoms with Crippen molar-refractivity contribution in [2.24, 2.45) is 11.8 Å². The topological polar surface area (TPSA) is 9.23 Å². The third kappa shape index (κ3) is 2.38. The molecular weight excluding hydrogens is 172 g/mol. The first-order valence-electron chi connectivity index (χ1n) is 6.03. The molecule has 1 nitrogen and oxygen atoms in total. The van der Waals surface area contributed by atoms with Crippen molar-refractivity contribution < 1.29 is 4.74 Å². The number of rotatable bonds is 1. The average Bonchev–Trinajstić information content (AvgIpc) is 2.21. The molecular formula is C13H22O. The standard InChI is InChI=1S/C13H22O/c1-10-3-6-12(7-4-10)13-8-5-11(2)14-9-13/h3,11-13H,4-9H2,1-2H3. The molecule has 0 spiro atoms. The molecule has 0 N–H and O–H groups in total. The summed E-state index contributed by atoms with van der Waals surface area (Å²) in [4.78, 5) is 0. The Balaban J connectivity index is 1.84. The molecule has 1 fully saturated rings. The van der Waals surface area contributed by atoms with Crippen LogP contribution in [0.15, 0.2) is 11.6 Å². The number of allylic oxidation sites excluding steroid dienone is 2. The summed E-state index contributed by atoms with van der Waals surface area (Å²) in [5, 5.41) is 0. The zero-order valence-corrected chi connectivity index (χ0v) is 9.46. The van der Waals surface area contributed by atoms with Crippen molar-refractivity contribution in [1.82, 2.24) is 0 Å². The largest absolute Gasteiger partial charge is 0.378 e. The lowest BCUT2D eigenvalue weighted by molar-refractivity contribution is -0.0237. The van der Waals surface area contributed by atoms with Crippen LogP contribution in [0.3, 0.4) is 0 Å². The summed E-state index contributed by atoms with van der Waals surface area (Å²) in [6.45, 7) is 5.47. The van der Waals surface area contributed by atoms with Gasteiger partial charge >= 0.3 is 0 Å². The molecule has 1 heterocycles. The molecule has 2 rings (SSSR count). The number of ether oxygens (including phenoxy) is 1. The van der Waals surface area contributed by atoms with Crippen LogP contribution in [0.1, 0.15) is 46.0 Å². The van der Waals surface area contributed by atoms with Crippen LogP contribution < -0.4 is 0 Å². The Morgan fingerprint density at radius 3 is 2.64 bits per heavy atom. The molecule has 14 heavy (non-hydrogen) atoms. The van der Waals surface area contributed by atoms with E-state index in [9.17, 15) is 0 Å². The van der Waals surface area contributed by atoms with Gasteiger partial charge in [0.05, 0.1) is 12.7 Å². The molecule has 3 atom stereocenters. The van der Waals surface area contributed by atoms with Gasteiger partial charge in [-0.2, -0.15) is 0 Å². The smallest absolute Gasteiger partial charge is 0.0547 e. The van der Waals surface area contributed by atoms with Gasteiger partial charge in [0.15, 0.2) is 0 Å². The second kappa shape index (κ2) is 4.48. The van der Waals surface area contributed by atoms with Crippen molar-refractivity contribution >= 4 is 0 Å². The Labute approximate surface area is 87.5 Å². The van der Waals surface area contributed by atoms with Crippen LogP contribution in [0.5, 0.6) is 0 Å². The Morgan fingerprint density at radius 1 is 1.21 bits per heavy atom. The molecule has 0 saturated carbocycles. The molecule has 0 aromatic rings. The number of hydrogen-bond acceptors (Lipinski definition) is 1. The van der Waals surface area contributed by atoms with Crippen LogP contribution in [0, 0.1) is 11.8 Å². The Bertz CT molecular complexity index is 211. The van der Waals surface area contributed by atoms with Crippen LogP contribution in [0.2, 0.25) is 0 Å². The lowest BCUT2D eigenvalue weighted by Crippen LogP contribution is -2.29. The van der Waals surface area contributed by atoms with E-state index in [-0.39, 0.29) is 0 Å². The van der Waals surface area contributed by atoms with Crippen LogP contribution in [0.25, 0.3) is 0 Å². The van der Waals surface area contributed by atoms with E-state index in [4.69, 9.17) is 4.74 Å². The molecule has 3 unspecified atom stereocenters. The second-order valence-corrected chi connectivity index (χ2v) is 5.07. The summed E-state index contributed by atoms with van der Waals surface area (Å²) >= 11 is 0. The highest BCUT2D eigenvalue weighted by atomic mass is 16.5. The fraction of sp³-hybridized carbons (Fsp3) is 0.846. The van der Waals surface area contributed by atoms with E-state index in [0.717, 1.165) is 18.4 Å². The van der Waals surface area contributed by atoms with Gasteiger partial charge < -0.3 is 4.74 Å². The van der Waals surface area contributed by atoms with E-state index in [1.165, 1.54) is 32.1 Å². The summed E-state index contributed by atoms with van der Waals surface area (Å²) in [6, 6.07) is 0. The van der Waals surface area contributed by atoms with Gasteiger partial charge in [0.2, 0.25) is 0 Å². The van der Waals surface area contributed by atoms with Gasteiger partial charge in [0.1, 0.15) is 0 Å². The lowest BCUT2D eigenvalue weighted by atomic mass is 9.78. The van der Waals surface area contributed by atoms with Crippen molar-refractivity contribution in [2.75, 3.05) is 6.61 Å². The minimum atomic E-state index is 0.507. The van der Waals surface area contributed by atoms with Gasteiger partial charge in [-0.25, -0.2) is 0 Å². The summed E-state index contributed by atoms with van der Waals surface area (Å²) in [6.07, 6.45) is 9.61. The van der Waals surface area contributed by atoms with E-state index < -0.39 is 0 Å². The Hall–Kier alpha value is -0.300. The van der Waals surface area contributed by atoms with Gasteiger partial charge in [0, 0.05) is 0 Å². The maximum atomic E-state index is 5.75. The minimum Gasteiger partial charge on any atom is -0.378 e. The van der Waals surface area contributed by atoms with Crippen LogP contribution in [-0.4, -0.2) is 12.7 Å². The highest BCUT2D eigenvalue weighted by Gasteiger charge is 2.27. The van der Waals surface area contributed by atoms with Gasteiger partial charge in [-0.1, -0.05) is 11.6 Å². The Morgan fingerprint density at radius 2 is 2.07 bits per heavy atom. The molecule has 2 aliphatic rings. The van der Waals surface area contributed by atoms with Crippen molar-refractivity contribution in [2.45, 2.75) is 52.1 Å². The third-order valence-electron chi connectivity index (χ3n) is 3.88. The van der Waals surface area contributed by atoms with Crippen molar-refractivity contribution in [1.29, 1.82) is 0 Å². The normalized spacial score (nSPS) is 39.3. The van der Waals surface area contributed by atoms with Crippen LogP contribution >= 0.6 is 0 Å². The van der Waals surface area contributed by atoms with Gasteiger partial charge in [-0.05, 0) is 57.8 Å². The first kappa shape index (κ1) is 10.2. The maximum absolute atomic E-state index is 5.75. The SMILES string of the molecule is CC1=CCC(C2CCC(C)OC2)CC1. The van der Waals surface area contributed by atoms with Crippen molar-refractivity contribution in [3.05, 3.63) is 11.6 Å². The summed E-state index contributed by atoms with van der Waals surface area (Å²) < 4.78 is 5.75. The summed E-state index contributed by atoms with van der Waals surface area (Å²) in [5.74, 6) is 1.75. The molecule has 0 aromatic carbocycles. The quantitative estimate of drug-likeness (QED) is 0.580. The van der Waals surface area contributed by atoms with E-state index in [1.54, 1.807) is 5.57 Å². The molecule has 0 bridgehead atoms. The van der Waals surface area contributed by atoms with E-state index in [2.05, 4.69) is 19.9 Å². The summed E-state index contributed by atoms with van der Waals surface area (Å²) in [5.41, 5.74) is 1.59. The Kier molecular flexibility index (Phi) is 3.27. The third-order valence-corrected chi connectivity index (χ3v) is 3.88. The second-order valence-electron chi connectivity index (χ2n) is 5.07. The van der Waals surface area contributed by atoms with Gasteiger partial charge in [0.25, 0.3) is 0 Å². The predicted molar refractivity (Wildman–Crippen MR) is 59.2 cm³/mol. The lowest BCUT2D eigenvalue weighted by Gasteiger charge is -2.34. The average molecular weight is 194 g/mol. The minimum absolute atomic E-state index is 0.507.